The van der Waals surface area contributed by atoms with Gasteiger partial charge in [0.15, 0.2) is 0 Å². The smallest absolute Gasteiger partial charge is 0.363 e. The molecular formula is C9H14O5. The quantitative estimate of drug-likeness (QED) is 0.593. The summed E-state index contributed by atoms with van der Waals surface area (Å²) in [7, 11) is 0. The molecule has 0 radical (unpaired) electrons. The van der Waals surface area contributed by atoms with Crippen molar-refractivity contribution in [1.29, 1.82) is 0 Å². The first kappa shape index (κ1) is 9.89. The summed E-state index contributed by atoms with van der Waals surface area (Å²) in [5.41, 5.74) is 0. The molecule has 0 aromatic carbocycles. The van der Waals surface area contributed by atoms with Gasteiger partial charge in [-0.1, -0.05) is 0 Å². The normalized spacial score (nSPS) is 36.5. The van der Waals surface area contributed by atoms with E-state index in [-0.39, 0.29) is 12.2 Å². The maximum Gasteiger partial charge on any atom is 0.363 e. The lowest BCUT2D eigenvalue weighted by Gasteiger charge is -2.29. The fourth-order valence-electron chi connectivity index (χ4n) is 1.65. The van der Waals surface area contributed by atoms with E-state index in [2.05, 4.69) is 0 Å². The number of carbonyl (C=O) groups is 1. The Kier molecular flexibility index (Phi) is 3.00. The Morgan fingerprint density at radius 1 is 1.43 bits per heavy atom. The molecule has 0 N–H and O–H groups in total. The Morgan fingerprint density at radius 2 is 2.29 bits per heavy atom. The third kappa shape index (κ3) is 1.89. The summed E-state index contributed by atoms with van der Waals surface area (Å²) >= 11 is 0. The van der Waals surface area contributed by atoms with Gasteiger partial charge in [0, 0.05) is 6.61 Å². The number of ether oxygens (including phenoxy) is 4. The molecule has 2 aliphatic rings. The average Bonchev–Trinajstić information content (AvgIpc) is 2.64. The third-order valence-electron chi connectivity index (χ3n) is 2.34. The second-order valence-electron chi connectivity index (χ2n) is 3.29. The monoisotopic (exact) mass is 202 g/mol. The molecule has 0 aromatic rings. The zero-order valence-corrected chi connectivity index (χ0v) is 8.10. The topological polar surface area (TPSA) is 54.0 Å². The predicted molar refractivity (Wildman–Crippen MR) is 45.6 cm³/mol. The highest BCUT2D eigenvalue weighted by Gasteiger charge is 2.39. The van der Waals surface area contributed by atoms with Crippen LogP contribution in [0, 0.1) is 0 Å². The summed E-state index contributed by atoms with van der Waals surface area (Å²) in [4.78, 5) is 11.3. The highest BCUT2D eigenvalue weighted by molar-refractivity contribution is 5.73. The van der Waals surface area contributed by atoms with Crippen LogP contribution in [-0.4, -0.2) is 44.3 Å². The van der Waals surface area contributed by atoms with Crippen molar-refractivity contribution in [2.24, 2.45) is 0 Å². The molecule has 5 nitrogen and oxygen atoms in total. The molecule has 80 valence electrons. The van der Waals surface area contributed by atoms with Crippen molar-refractivity contribution in [2.75, 3.05) is 19.8 Å². The maximum atomic E-state index is 11.3. The van der Waals surface area contributed by atoms with Crippen LogP contribution >= 0.6 is 0 Å². The van der Waals surface area contributed by atoms with E-state index < -0.39 is 12.3 Å². The van der Waals surface area contributed by atoms with Gasteiger partial charge in [-0.2, -0.15) is 0 Å². The third-order valence-corrected chi connectivity index (χ3v) is 2.34. The first-order valence-electron chi connectivity index (χ1n) is 4.86. The number of carbonyl (C=O) groups excluding carboxylic acids is 1. The van der Waals surface area contributed by atoms with Crippen LogP contribution in [0.1, 0.15) is 13.3 Å². The molecule has 0 spiro atoms. The van der Waals surface area contributed by atoms with Crippen molar-refractivity contribution in [1.82, 2.24) is 0 Å². The first-order chi connectivity index (χ1) is 6.81. The van der Waals surface area contributed by atoms with Gasteiger partial charge in [0.1, 0.15) is 6.10 Å². The van der Waals surface area contributed by atoms with E-state index in [0.29, 0.717) is 19.8 Å². The maximum absolute atomic E-state index is 11.3. The van der Waals surface area contributed by atoms with Crippen molar-refractivity contribution >= 4 is 5.97 Å². The minimum atomic E-state index is -0.863. The van der Waals surface area contributed by atoms with Gasteiger partial charge in [0.2, 0.25) is 0 Å². The molecule has 0 saturated carbocycles. The summed E-state index contributed by atoms with van der Waals surface area (Å²) in [5, 5.41) is 0. The lowest BCUT2D eigenvalue weighted by Crippen LogP contribution is -2.45. The van der Waals surface area contributed by atoms with Gasteiger partial charge in [0.05, 0.1) is 19.3 Å². The predicted octanol–water partition coefficient (Wildman–Crippen LogP) is 0.0799. The molecule has 0 bridgehead atoms. The summed E-state index contributed by atoms with van der Waals surface area (Å²) in [6.07, 6.45) is -0.0686. The second-order valence-corrected chi connectivity index (χ2v) is 3.29. The zero-order chi connectivity index (χ0) is 9.97. The van der Waals surface area contributed by atoms with E-state index in [1.54, 1.807) is 6.92 Å². The minimum absolute atomic E-state index is 0.0133. The molecule has 14 heavy (non-hydrogen) atoms. The van der Waals surface area contributed by atoms with Crippen LogP contribution in [0.15, 0.2) is 0 Å². The molecule has 2 heterocycles. The van der Waals surface area contributed by atoms with Crippen molar-refractivity contribution in [3.05, 3.63) is 0 Å². The highest BCUT2D eigenvalue weighted by atomic mass is 16.7. The van der Waals surface area contributed by atoms with Gasteiger partial charge >= 0.3 is 5.97 Å². The Hall–Kier alpha value is -0.650. The van der Waals surface area contributed by atoms with Gasteiger partial charge < -0.3 is 18.9 Å². The van der Waals surface area contributed by atoms with Crippen molar-refractivity contribution in [3.8, 4) is 0 Å². The molecule has 2 aliphatic heterocycles. The van der Waals surface area contributed by atoms with Crippen LogP contribution in [0.25, 0.3) is 0 Å². The van der Waals surface area contributed by atoms with Crippen LogP contribution in [0.2, 0.25) is 0 Å². The van der Waals surface area contributed by atoms with Gasteiger partial charge in [-0.3, -0.25) is 0 Å². The van der Waals surface area contributed by atoms with Gasteiger partial charge in [-0.25, -0.2) is 4.79 Å². The Bertz CT molecular complexity index is 217. The molecule has 3 atom stereocenters. The van der Waals surface area contributed by atoms with Gasteiger partial charge in [-0.05, 0) is 13.3 Å². The fourth-order valence-corrected chi connectivity index (χ4v) is 1.65. The molecule has 2 rings (SSSR count). The lowest BCUT2D eigenvalue weighted by molar-refractivity contribution is -0.245. The lowest BCUT2D eigenvalue weighted by atomic mass is 10.2. The van der Waals surface area contributed by atoms with E-state index in [9.17, 15) is 4.79 Å². The van der Waals surface area contributed by atoms with Crippen LogP contribution in [0.3, 0.4) is 0 Å². The molecule has 2 fully saturated rings. The van der Waals surface area contributed by atoms with E-state index in [4.69, 9.17) is 18.9 Å². The van der Waals surface area contributed by atoms with E-state index in [1.165, 1.54) is 0 Å². The van der Waals surface area contributed by atoms with Crippen LogP contribution in [0.5, 0.6) is 0 Å². The van der Waals surface area contributed by atoms with Crippen LogP contribution in [-0.2, 0) is 23.7 Å². The number of rotatable bonds is 2. The Morgan fingerprint density at radius 3 is 3.07 bits per heavy atom. The molecular weight excluding hydrogens is 188 g/mol. The Balaban J connectivity index is 1.87. The SMILES string of the molecule is CCOC(=O)[C@@H]1OC[C@H]2OCC[C@H]2O1. The standard InChI is InChI=1S/C9H14O5/c1-2-11-8(10)9-13-5-7-6(14-9)3-4-12-7/h6-7,9H,2-5H2,1H3/t6-,7-,9-/m1/s1. The molecule has 0 amide bonds. The highest BCUT2D eigenvalue weighted by Crippen LogP contribution is 2.24. The average molecular weight is 202 g/mol. The van der Waals surface area contributed by atoms with Gasteiger partial charge in [0.25, 0.3) is 6.29 Å². The summed E-state index contributed by atoms with van der Waals surface area (Å²) in [6.45, 7) is 3.18. The summed E-state index contributed by atoms with van der Waals surface area (Å²) in [6, 6.07) is 0. The van der Waals surface area contributed by atoms with Crippen LogP contribution in [0.4, 0.5) is 0 Å². The second kappa shape index (κ2) is 4.25. The molecule has 0 aliphatic carbocycles. The van der Waals surface area contributed by atoms with Crippen molar-refractivity contribution in [3.63, 3.8) is 0 Å². The number of hydrogen-bond donors (Lipinski definition) is 0. The molecule has 0 aromatic heterocycles. The van der Waals surface area contributed by atoms with Crippen molar-refractivity contribution < 1.29 is 23.7 Å². The first-order valence-corrected chi connectivity index (χ1v) is 4.86. The van der Waals surface area contributed by atoms with Crippen LogP contribution < -0.4 is 0 Å². The van der Waals surface area contributed by atoms with Crippen molar-refractivity contribution in [2.45, 2.75) is 31.8 Å². The zero-order valence-electron chi connectivity index (χ0n) is 8.10. The number of esters is 1. The largest absolute Gasteiger partial charge is 0.462 e. The molecule has 5 heteroatoms. The molecule has 2 saturated heterocycles. The minimum Gasteiger partial charge on any atom is -0.462 e. The number of fused-ring (bicyclic) bond motifs is 1. The fraction of sp³-hybridized carbons (Fsp3) is 0.889. The summed E-state index contributed by atoms with van der Waals surface area (Å²) in [5.74, 6) is -0.446. The summed E-state index contributed by atoms with van der Waals surface area (Å²) < 4.78 is 20.7. The number of hydrogen-bond acceptors (Lipinski definition) is 5. The Labute approximate surface area is 82.3 Å². The van der Waals surface area contributed by atoms with E-state index in [1.807, 2.05) is 0 Å². The van der Waals surface area contributed by atoms with E-state index in [0.717, 1.165) is 6.42 Å². The molecule has 0 unspecified atom stereocenters. The van der Waals surface area contributed by atoms with E-state index >= 15 is 0 Å². The van der Waals surface area contributed by atoms with Gasteiger partial charge in [-0.15, -0.1) is 0 Å².